The van der Waals surface area contributed by atoms with Crippen molar-refractivity contribution >= 4 is 23.8 Å². The van der Waals surface area contributed by atoms with Crippen LogP contribution < -0.4 is 16.3 Å². The number of aliphatic hydroxyl groups excluding tert-OH is 2. The number of carbonyl (C=O) groups excluding carboxylic acids is 3. The van der Waals surface area contributed by atoms with Crippen LogP contribution in [0.2, 0.25) is 0 Å². The first kappa shape index (κ1) is 31.1. The molecule has 38 heavy (non-hydrogen) atoms. The van der Waals surface area contributed by atoms with Gasteiger partial charge in [0.1, 0.15) is 23.6 Å². The normalized spacial score (nSPS) is 21.6. The van der Waals surface area contributed by atoms with E-state index in [2.05, 4.69) is 15.6 Å². The zero-order valence-electron chi connectivity index (χ0n) is 21.8. The molecule has 15 heteroatoms. The standard InChI is InChI=1S/C23H34F2N4O9/c1-12(2)11-36-18(33)13(26-21(35)38-22(3,4)5)6-7-16(31)27-15-8-9-29(20(34)28-15)19-23(24,25)17(32)14(10-30)37-19/h8-9,12-14,17,19,30,32H,6-7,10-11H2,1-5H3,(H,26,35)(H,27,28,31,34)/t13?,14-,17?,19-/m1/s1. The lowest BCUT2D eigenvalue weighted by Gasteiger charge is -2.23. The summed E-state index contributed by atoms with van der Waals surface area (Å²) in [5, 5.41) is 23.4. The van der Waals surface area contributed by atoms with Gasteiger partial charge < -0.3 is 35.1 Å². The fraction of sp³-hybridized carbons (Fsp3) is 0.696. The topological polar surface area (TPSA) is 178 Å². The Hall–Kier alpha value is -3.17. The number of aliphatic hydroxyl groups is 2. The number of rotatable bonds is 10. The summed E-state index contributed by atoms with van der Waals surface area (Å²) in [6.07, 6.45) is -6.62. The zero-order chi connectivity index (χ0) is 28.8. The van der Waals surface area contributed by atoms with Crippen molar-refractivity contribution in [1.82, 2.24) is 14.9 Å². The molecule has 1 aromatic heterocycles. The largest absolute Gasteiger partial charge is 0.464 e. The maximum atomic E-state index is 14.3. The predicted molar refractivity (Wildman–Crippen MR) is 127 cm³/mol. The van der Waals surface area contributed by atoms with Crippen molar-refractivity contribution in [2.45, 2.75) is 83.5 Å². The molecule has 214 valence electrons. The Morgan fingerprint density at radius 3 is 2.47 bits per heavy atom. The molecule has 0 radical (unpaired) electrons. The predicted octanol–water partition coefficient (Wildman–Crippen LogP) is 0.940. The number of carbonyl (C=O) groups is 3. The molecular formula is C23H34F2N4O9. The summed E-state index contributed by atoms with van der Waals surface area (Å²) in [7, 11) is 0. The van der Waals surface area contributed by atoms with Gasteiger partial charge in [-0.15, -0.1) is 0 Å². The lowest BCUT2D eigenvalue weighted by atomic mass is 10.1. The third-order valence-corrected chi connectivity index (χ3v) is 5.10. The smallest absolute Gasteiger partial charge is 0.408 e. The Balaban J connectivity index is 2.05. The van der Waals surface area contributed by atoms with Crippen LogP contribution in [0, 0.1) is 5.92 Å². The van der Waals surface area contributed by atoms with Gasteiger partial charge >= 0.3 is 23.7 Å². The van der Waals surface area contributed by atoms with Gasteiger partial charge in [-0.1, -0.05) is 13.8 Å². The first-order valence-corrected chi connectivity index (χ1v) is 11.9. The van der Waals surface area contributed by atoms with E-state index in [0.717, 1.165) is 12.3 Å². The molecule has 4 atom stereocenters. The van der Waals surface area contributed by atoms with Crippen LogP contribution in [0.5, 0.6) is 0 Å². The highest BCUT2D eigenvalue weighted by Crippen LogP contribution is 2.41. The Bertz CT molecular complexity index is 1060. The third kappa shape index (κ3) is 8.43. The van der Waals surface area contributed by atoms with E-state index in [1.807, 2.05) is 13.8 Å². The van der Waals surface area contributed by atoms with Gasteiger partial charge in [0.2, 0.25) is 12.1 Å². The fourth-order valence-corrected chi connectivity index (χ4v) is 3.31. The van der Waals surface area contributed by atoms with Crippen molar-refractivity contribution in [3.05, 3.63) is 22.7 Å². The summed E-state index contributed by atoms with van der Waals surface area (Å²) in [5.74, 6) is -5.58. The molecule has 0 aromatic carbocycles. The van der Waals surface area contributed by atoms with Gasteiger partial charge in [-0.2, -0.15) is 13.8 Å². The number of hydrogen-bond donors (Lipinski definition) is 4. The summed E-state index contributed by atoms with van der Waals surface area (Å²) < 4.78 is 44.3. The highest BCUT2D eigenvalue weighted by atomic mass is 19.3. The summed E-state index contributed by atoms with van der Waals surface area (Å²) in [5.41, 5.74) is -2.04. The van der Waals surface area contributed by atoms with Gasteiger partial charge in [0.25, 0.3) is 0 Å². The van der Waals surface area contributed by atoms with E-state index in [4.69, 9.17) is 19.3 Å². The summed E-state index contributed by atoms with van der Waals surface area (Å²) in [4.78, 5) is 52.9. The molecule has 0 spiro atoms. The van der Waals surface area contributed by atoms with E-state index >= 15 is 0 Å². The molecule has 0 aliphatic carbocycles. The monoisotopic (exact) mass is 548 g/mol. The minimum absolute atomic E-state index is 0.0324. The van der Waals surface area contributed by atoms with Gasteiger partial charge in [0.05, 0.1) is 13.2 Å². The van der Waals surface area contributed by atoms with E-state index < -0.39 is 66.3 Å². The average Bonchev–Trinajstić information content (AvgIpc) is 3.02. The quantitative estimate of drug-likeness (QED) is 0.308. The lowest BCUT2D eigenvalue weighted by Crippen LogP contribution is -2.45. The Labute approximate surface area is 217 Å². The van der Waals surface area contributed by atoms with Gasteiger partial charge in [-0.05, 0) is 39.2 Å². The van der Waals surface area contributed by atoms with Gasteiger partial charge in [0.15, 0.2) is 6.10 Å². The second-order valence-electron chi connectivity index (χ2n) is 10.1. The number of amides is 2. The van der Waals surface area contributed by atoms with Crippen LogP contribution in [0.4, 0.5) is 19.4 Å². The van der Waals surface area contributed by atoms with Gasteiger partial charge in [-0.25, -0.2) is 14.4 Å². The van der Waals surface area contributed by atoms with Crippen molar-refractivity contribution in [2.24, 2.45) is 5.92 Å². The Morgan fingerprint density at radius 2 is 1.95 bits per heavy atom. The molecule has 1 fully saturated rings. The highest BCUT2D eigenvalue weighted by Gasteiger charge is 2.59. The number of nitrogens with zero attached hydrogens (tertiary/aromatic N) is 2. The molecule has 13 nitrogen and oxygen atoms in total. The number of anilines is 1. The number of esters is 1. The molecule has 2 heterocycles. The van der Waals surface area contributed by atoms with Crippen molar-refractivity contribution in [3.63, 3.8) is 0 Å². The number of ether oxygens (including phenoxy) is 3. The van der Waals surface area contributed by atoms with Crippen LogP contribution in [0.1, 0.15) is 53.7 Å². The second kappa shape index (κ2) is 12.6. The molecule has 1 saturated heterocycles. The van der Waals surface area contributed by atoms with Crippen molar-refractivity contribution in [1.29, 1.82) is 0 Å². The number of alkyl carbamates (subject to hydrolysis) is 1. The maximum Gasteiger partial charge on any atom is 0.408 e. The van der Waals surface area contributed by atoms with E-state index in [9.17, 15) is 33.1 Å². The molecule has 2 amide bonds. The third-order valence-electron chi connectivity index (χ3n) is 5.10. The summed E-state index contributed by atoms with van der Waals surface area (Å²) >= 11 is 0. The van der Waals surface area contributed by atoms with E-state index in [1.54, 1.807) is 20.8 Å². The number of alkyl halides is 2. The molecule has 1 aliphatic heterocycles. The van der Waals surface area contributed by atoms with Crippen LogP contribution >= 0.6 is 0 Å². The molecule has 4 N–H and O–H groups in total. The van der Waals surface area contributed by atoms with Crippen LogP contribution in [0.3, 0.4) is 0 Å². The number of halogens is 2. The Kier molecular flexibility index (Phi) is 10.3. The molecular weight excluding hydrogens is 514 g/mol. The Morgan fingerprint density at radius 1 is 1.29 bits per heavy atom. The molecule has 1 aliphatic rings. The molecule has 2 rings (SSSR count). The average molecular weight is 549 g/mol. The number of nitrogens with one attached hydrogen (secondary N) is 2. The van der Waals surface area contributed by atoms with Crippen LogP contribution in [-0.4, -0.2) is 80.7 Å². The van der Waals surface area contributed by atoms with Gasteiger partial charge in [-0.3, -0.25) is 9.36 Å². The van der Waals surface area contributed by atoms with Crippen LogP contribution in [0.15, 0.2) is 17.1 Å². The van der Waals surface area contributed by atoms with Crippen LogP contribution in [-0.2, 0) is 23.8 Å². The van der Waals surface area contributed by atoms with E-state index in [-0.39, 0.29) is 31.2 Å². The highest BCUT2D eigenvalue weighted by molar-refractivity contribution is 5.90. The minimum Gasteiger partial charge on any atom is -0.464 e. The lowest BCUT2D eigenvalue weighted by molar-refractivity contribution is -0.147. The fourth-order valence-electron chi connectivity index (χ4n) is 3.31. The minimum atomic E-state index is -3.88. The first-order chi connectivity index (χ1) is 17.5. The van der Waals surface area contributed by atoms with E-state index in [0.29, 0.717) is 4.57 Å². The van der Waals surface area contributed by atoms with Crippen molar-refractivity contribution in [3.8, 4) is 0 Å². The van der Waals surface area contributed by atoms with Gasteiger partial charge in [0, 0.05) is 12.6 Å². The molecule has 1 aromatic rings. The summed E-state index contributed by atoms with van der Waals surface area (Å²) in [6, 6.07) is -0.145. The molecule has 0 bridgehead atoms. The molecule has 0 saturated carbocycles. The zero-order valence-corrected chi connectivity index (χ0v) is 21.8. The number of aromatic nitrogens is 2. The van der Waals surface area contributed by atoms with Crippen molar-refractivity contribution in [2.75, 3.05) is 18.5 Å². The SMILES string of the molecule is CC(C)COC(=O)C(CCC(=O)Nc1ccn([C@@H]2O[C@H](CO)C(O)C2(F)F)c(=O)n1)NC(=O)OC(C)(C)C. The maximum absolute atomic E-state index is 14.3. The van der Waals surface area contributed by atoms with Crippen LogP contribution in [0.25, 0.3) is 0 Å². The second-order valence-corrected chi connectivity index (χ2v) is 10.1. The van der Waals surface area contributed by atoms with Crippen molar-refractivity contribution < 1.29 is 47.6 Å². The van der Waals surface area contributed by atoms with E-state index in [1.165, 1.54) is 0 Å². The first-order valence-electron chi connectivity index (χ1n) is 11.9. The summed E-state index contributed by atoms with van der Waals surface area (Å²) in [6.45, 7) is 7.77. The molecule has 2 unspecified atom stereocenters. The number of hydrogen-bond acceptors (Lipinski definition) is 10.